The number of ether oxygens (including phenoxy) is 7. The molecule has 0 aliphatic carbocycles. The lowest BCUT2D eigenvalue weighted by molar-refractivity contribution is -0.354. The maximum absolute atomic E-state index is 13.1. The van der Waals surface area contributed by atoms with Crippen molar-refractivity contribution in [3.05, 3.63) is 71.8 Å². The summed E-state index contributed by atoms with van der Waals surface area (Å²) in [5.41, 5.74) is 0.543. The second-order valence-electron chi connectivity index (χ2n) is 10.6. The Balaban J connectivity index is 1.42. The Bertz CT molecular complexity index is 1210. The van der Waals surface area contributed by atoms with E-state index in [0.29, 0.717) is 5.56 Å². The number of rotatable bonds is 8. The van der Waals surface area contributed by atoms with Crippen molar-refractivity contribution in [3.63, 3.8) is 0 Å². The topological polar surface area (TPSA) is 180 Å². The highest BCUT2D eigenvalue weighted by Gasteiger charge is 2.59. The molecule has 5 rings (SSSR count). The van der Waals surface area contributed by atoms with Crippen molar-refractivity contribution in [1.29, 1.82) is 0 Å². The molecule has 3 heterocycles. The number of fused-ring (bicyclic) bond motifs is 1. The molecule has 0 radical (unpaired) electrons. The molecule has 10 atom stereocenters. The molecule has 3 fully saturated rings. The minimum Gasteiger partial charge on any atom is -0.459 e. The fourth-order valence-electron chi connectivity index (χ4n) is 5.16. The normalized spacial score (nSPS) is 35.7. The van der Waals surface area contributed by atoms with E-state index in [-0.39, 0.29) is 12.2 Å². The minimum atomic E-state index is -1.79. The Labute approximate surface area is 241 Å². The molecule has 4 N–H and O–H groups in total. The molecule has 13 heteroatoms. The molecular weight excluding hydrogens is 556 g/mol. The molecule has 42 heavy (non-hydrogen) atoms. The van der Waals surface area contributed by atoms with Gasteiger partial charge in [-0.15, -0.1) is 0 Å². The second kappa shape index (κ2) is 12.7. The number of hydrogen-bond acceptors (Lipinski definition) is 13. The van der Waals surface area contributed by atoms with Gasteiger partial charge < -0.3 is 53.6 Å². The molecule has 0 saturated carbocycles. The number of hydrogen-bond donors (Lipinski definition) is 4. The molecule has 0 amide bonds. The van der Waals surface area contributed by atoms with Crippen molar-refractivity contribution < 1.29 is 63.2 Å². The van der Waals surface area contributed by atoms with Crippen molar-refractivity contribution in [3.8, 4) is 0 Å². The maximum atomic E-state index is 13.1. The molecule has 228 valence electrons. The number of aliphatic hydroxyl groups excluding tert-OH is 4. The minimum absolute atomic E-state index is 0.229. The summed E-state index contributed by atoms with van der Waals surface area (Å²) in [6.45, 7) is 2.32. The zero-order chi connectivity index (χ0) is 30.0. The third kappa shape index (κ3) is 6.49. The summed E-state index contributed by atoms with van der Waals surface area (Å²) in [6.07, 6.45) is -13.7. The average Bonchev–Trinajstić information content (AvgIpc) is 3.33. The summed E-state index contributed by atoms with van der Waals surface area (Å²) in [4.78, 5) is 25.8. The van der Waals surface area contributed by atoms with E-state index in [0.717, 1.165) is 0 Å². The van der Waals surface area contributed by atoms with Crippen LogP contribution in [-0.2, 0) is 33.2 Å². The number of benzene rings is 2. The van der Waals surface area contributed by atoms with Gasteiger partial charge in [0.25, 0.3) is 0 Å². The van der Waals surface area contributed by atoms with E-state index in [9.17, 15) is 30.0 Å². The Morgan fingerprint density at radius 3 is 2.00 bits per heavy atom. The lowest BCUT2D eigenvalue weighted by atomic mass is 9.97. The van der Waals surface area contributed by atoms with Crippen LogP contribution in [-0.4, -0.2) is 113 Å². The van der Waals surface area contributed by atoms with Crippen molar-refractivity contribution in [2.75, 3.05) is 13.2 Å². The molecule has 0 aromatic heterocycles. The van der Waals surface area contributed by atoms with E-state index < -0.39 is 85.7 Å². The van der Waals surface area contributed by atoms with Crippen LogP contribution in [0.5, 0.6) is 0 Å². The Hall–Kier alpha value is -2.98. The third-order valence-corrected chi connectivity index (χ3v) is 7.21. The van der Waals surface area contributed by atoms with E-state index in [4.69, 9.17) is 33.2 Å². The summed E-state index contributed by atoms with van der Waals surface area (Å²) in [7, 11) is 0. The SMILES string of the molecule is CC1(C)O[C@H]2[C@@H](O1)[C@@H](COC(=O)c1ccccc1)O[C@@H](O[C@@H]1[C@@H](O)[C@H](O)[C@@H](CO)O[C@H]1O)[C@@H]2OC(=O)c1ccccc1. The highest BCUT2D eigenvalue weighted by Crippen LogP contribution is 2.40. The van der Waals surface area contributed by atoms with E-state index in [1.165, 1.54) is 0 Å². The lowest BCUT2D eigenvalue weighted by Crippen LogP contribution is -2.64. The van der Waals surface area contributed by atoms with Crippen molar-refractivity contribution >= 4 is 11.9 Å². The lowest BCUT2D eigenvalue weighted by Gasteiger charge is -2.45. The Kier molecular flexibility index (Phi) is 9.23. The zero-order valence-electron chi connectivity index (χ0n) is 22.9. The maximum Gasteiger partial charge on any atom is 0.338 e. The first-order valence-corrected chi connectivity index (χ1v) is 13.5. The van der Waals surface area contributed by atoms with E-state index in [2.05, 4.69) is 0 Å². The molecule has 2 aromatic rings. The molecule has 13 nitrogen and oxygen atoms in total. The van der Waals surface area contributed by atoms with Crippen molar-refractivity contribution in [1.82, 2.24) is 0 Å². The van der Waals surface area contributed by atoms with E-state index in [1.54, 1.807) is 74.5 Å². The second-order valence-corrected chi connectivity index (χ2v) is 10.6. The van der Waals surface area contributed by atoms with Crippen LogP contribution >= 0.6 is 0 Å². The largest absolute Gasteiger partial charge is 0.459 e. The Morgan fingerprint density at radius 2 is 1.38 bits per heavy atom. The highest BCUT2D eigenvalue weighted by molar-refractivity contribution is 5.89. The van der Waals surface area contributed by atoms with Crippen LogP contribution in [0.3, 0.4) is 0 Å². The third-order valence-electron chi connectivity index (χ3n) is 7.21. The predicted molar refractivity (Wildman–Crippen MR) is 140 cm³/mol. The first-order chi connectivity index (χ1) is 20.1. The van der Waals surface area contributed by atoms with Gasteiger partial charge >= 0.3 is 11.9 Å². The molecule has 3 saturated heterocycles. The summed E-state index contributed by atoms with van der Waals surface area (Å²) in [5, 5.41) is 41.1. The Morgan fingerprint density at radius 1 is 0.786 bits per heavy atom. The van der Waals surface area contributed by atoms with E-state index in [1.807, 2.05) is 0 Å². The number of aliphatic hydroxyl groups is 4. The van der Waals surface area contributed by atoms with Gasteiger partial charge in [-0.25, -0.2) is 9.59 Å². The molecular formula is C29H34O13. The van der Waals surface area contributed by atoms with Gasteiger partial charge in [-0.05, 0) is 38.1 Å². The van der Waals surface area contributed by atoms with Crippen LogP contribution in [0.1, 0.15) is 34.6 Å². The van der Waals surface area contributed by atoms with Gasteiger partial charge in [0.15, 0.2) is 24.5 Å². The molecule has 0 bridgehead atoms. The molecule has 0 spiro atoms. The monoisotopic (exact) mass is 590 g/mol. The summed E-state index contributed by atoms with van der Waals surface area (Å²) in [6, 6.07) is 16.5. The van der Waals surface area contributed by atoms with Crippen LogP contribution < -0.4 is 0 Å². The standard InChI is InChI=1S/C29H34O13/c1-29(2)41-21-18(14-36-25(33)15-9-5-3-6-10-15)38-28(40-22-20(32)19(31)17(13-30)37-27(22)35)24(23(21)42-29)39-26(34)16-11-7-4-8-12-16/h3-12,17-24,27-28,30-32,35H,13-14H2,1-2H3/t17-,18-,19-,20+,21+,22-,23+,24-,27-,28+/m1/s1. The van der Waals surface area contributed by atoms with Crippen molar-refractivity contribution in [2.24, 2.45) is 0 Å². The van der Waals surface area contributed by atoms with Gasteiger partial charge in [-0.3, -0.25) is 0 Å². The number of carbonyl (C=O) groups is 2. The van der Waals surface area contributed by atoms with Gasteiger partial charge in [-0.1, -0.05) is 36.4 Å². The van der Waals surface area contributed by atoms with Gasteiger partial charge in [0.1, 0.15) is 49.3 Å². The molecule has 3 aliphatic rings. The van der Waals surface area contributed by atoms with Gasteiger partial charge in [-0.2, -0.15) is 0 Å². The van der Waals surface area contributed by atoms with Gasteiger partial charge in [0, 0.05) is 0 Å². The predicted octanol–water partition coefficient (Wildman–Crippen LogP) is 0.131. The smallest absolute Gasteiger partial charge is 0.338 e. The number of carbonyl (C=O) groups excluding carboxylic acids is 2. The highest BCUT2D eigenvalue weighted by atomic mass is 16.8. The fourth-order valence-corrected chi connectivity index (χ4v) is 5.16. The fraction of sp³-hybridized carbons (Fsp3) is 0.517. The van der Waals surface area contributed by atoms with Crippen LogP contribution in [0, 0.1) is 0 Å². The van der Waals surface area contributed by atoms with Crippen molar-refractivity contribution in [2.45, 2.75) is 81.0 Å². The average molecular weight is 591 g/mol. The summed E-state index contributed by atoms with van der Waals surface area (Å²) >= 11 is 0. The number of esters is 2. The van der Waals surface area contributed by atoms with Gasteiger partial charge in [0.2, 0.25) is 0 Å². The van der Waals surface area contributed by atoms with Crippen LogP contribution in [0.2, 0.25) is 0 Å². The molecule has 3 aliphatic heterocycles. The van der Waals surface area contributed by atoms with Crippen LogP contribution in [0.4, 0.5) is 0 Å². The zero-order valence-corrected chi connectivity index (χ0v) is 22.9. The molecule has 0 unspecified atom stereocenters. The quantitative estimate of drug-likeness (QED) is 0.305. The first-order valence-electron chi connectivity index (χ1n) is 13.5. The summed E-state index contributed by atoms with van der Waals surface area (Å²) in [5.74, 6) is -2.52. The first kappa shape index (κ1) is 30.5. The van der Waals surface area contributed by atoms with Crippen LogP contribution in [0.15, 0.2) is 60.7 Å². The molecule has 2 aromatic carbocycles. The van der Waals surface area contributed by atoms with Crippen LogP contribution in [0.25, 0.3) is 0 Å². The van der Waals surface area contributed by atoms with Gasteiger partial charge in [0.05, 0.1) is 17.7 Å². The summed E-state index contributed by atoms with van der Waals surface area (Å²) < 4.78 is 40.8. The van der Waals surface area contributed by atoms with E-state index >= 15 is 0 Å².